The van der Waals surface area contributed by atoms with E-state index < -0.39 is 53.2 Å². The number of carbonyl (C=O) groups is 3. The molecule has 4 rings (SSSR count). The minimum Gasteiger partial charge on any atom is -0.478 e. The van der Waals surface area contributed by atoms with Crippen molar-refractivity contribution in [2.75, 3.05) is 13.7 Å². The zero-order valence-electron chi connectivity index (χ0n) is 28.1. The van der Waals surface area contributed by atoms with Crippen LogP contribution in [0.25, 0.3) is 0 Å². The highest BCUT2D eigenvalue weighted by Gasteiger charge is 2.74. The molecule has 9 heteroatoms. The van der Waals surface area contributed by atoms with Crippen LogP contribution < -0.4 is 0 Å². The Morgan fingerprint density at radius 2 is 1.70 bits per heavy atom. The molecule has 0 bridgehead atoms. The third-order valence-corrected chi connectivity index (χ3v) is 12.7. The Kier molecular flexibility index (Phi) is 10.3. The van der Waals surface area contributed by atoms with E-state index in [1.165, 1.54) is 14.0 Å². The first-order chi connectivity index (χ1) is 20.5. The maximum atomic E-state index is 13.1. The molecule has 9 nitrogen and oxygen atoms in total. The lowest BCUT2D eigenvalue weighted by molar-refractivity contribution is -0.288. The second-order valence-electron chi connectivity index (χ2n) is 15.3. The van der Waals surface area contributed by atoms with Crippen LogP contribution in [0.5, 0.6) is 0 Å². The van der Waals surface area contributed by atoms with Gasteiger partial charge in [0.05, 0.1) is 25.2 Å². The first kappa shape index (κ1) is 34.9. The number of aliphatic carboxylic acids is 1. The maximum absolute atomic E-state index is 13.1. The van der Waals surface area contributed by atoms with Crippen molar-refractivity contribution in [1.82, 2.24) is 0 Å². The molecule has 0 aromatic carbocycles. The molecule has 11 unspecified atom stereocenters. The smallest absolute Gasteiger partial charge is 0.331 e. The molecule has 0 amide bonds. The molecule has 0 aromatic heterocycles. The molecule has 0 aliphatic heterocycles. The summed E-state index contributed by atoms with van der Waals surface area (Å²) in [5.74, 6) is -2.09. The molecule has 0 aromatic rings. The monoisotopic (exact) mass is 620 g/mol. The van der Waals surface area contributed by atoms with Gasteiger partial charge >= 0.3 is 17.9 Å². The largest absolute Gasteiger partial charge is 0.478 e. The Labute approximate surface area is 263 Å². The van der Waals surface area contributed by atoms with Crippen molar-refractivity contribution >= 4 is 17.9 Å². The first-order valence-corrected chi connectivity index (χ1v) is 16.7. The number of methoxy groups -OCH3 is 1. The summed E-state index contributed by atoms with van der Waals surface area (Å²) in [6, 6.07) is 0. The summed E-state index contributed by atoms with van der Waals surface area (Å²) in [5, 5.41) is 34.0. The van der Waals surface area contributed by atoms with Gasteiger partial charge in [-0.25, -0.2) is 4.79 Å². The first-order valence-electron chi connectivity index (χ1n) is 16.7. The lowest BCUT2D eigenvalue weighted by Gasteiger charge is -2.70. The second kappa shape index (κ2) is 13.0. The molecular formula is C35H56O9. The molecule has 0 radical (unpaired) electrons. The van der Waals surface area contributed by atoms with Gasteiger partial charge in [-0.2, -0.15) is 0 Å². The van der Waals surface area contributed by atoms with Crippen LogP contribution >= 0.6 is 0 Å². The zero-order chi connectivity index (χ0) is 32.8. The minimum atomic E-state index is -1.07. The predicted octanol–water partition coefficient (Wildman–Crippen LogP) is 5.30. The number of rotatable bonds is 10. The fraction of sp³-hybridized carbons (Fsp3) is 0.857. The lowest BCUT2D eigenvalue weighted by atomic mass is 9.35. The highest BCUT2D eigenvalue weighted by atomic mass is 16.6. The van der Waals surface area contributed by atoms with Gasteiger partial charge in [0.2, 0.25) is 0 Å². The minimum absolute atomic E-state index is 0.0201. The van der Waals surface area contributed by atoms with Crippen molar-refractivity contribution in [1.29, 1.82) is 0 Å². The molecule has 4 aliphatic carbocycles. The van der Waals surface area contributed by atoms with Crippen molar-refractivity contribution in [2.45, 2.75) is 131 Å². The van der Waals surface area contributed by atoms with Gasteiger partial charge in [-0.15, -0.1) is 0 Å². The van der Waals surface area contributed by atoms with Crippen LogP contribution in [0.1, 0.15) is 106 Å². The van der Waals surface area contributed by atoms with Gasteiger partial charge in [0.25, 0.3) is 0 Å². The number of carboxylic acids is 1. The highest BCUT2D eigenvalue weighted by molar-refractivity contribution is 5.88. The van der Waals surface area contributed by atoms with E-state index in [4.69, 9.17) is 14.2 Å². The number of esters is 2. The van der Waals surface area contributed by atoms with Crippen LogP contribution in [0, 0.1) is 45.8 Å². The lowest BCUT2D eigenvalue weighted by Crippen LogP contribution is -2.72. The average molecular weight is 621 g/mol. The number of hydrogen-bond acceptors (Lipinski definition) is 8. The van der Waals surface area contributed by atoms with Crippen LogP contribution in [0.2, 0.25) is 0 Å². The van der Waals surface area contributed by atoms with E-state index in [1.54, 1.807) is 0 Å². The normalized spacial score (nSPS) is 42.6. The van der Waals surface area contributed by atoms with Crippen LogP contribution in [-0.4, -0.2) is 71.4 Å². The van der Waals surface area contributed by atoms with Crippen LogP contribution in [0.4, 0.5) is 0 Å². The van der Waals surface area contributed by atoms with Gasteiger partial charge < -0.3 is 29.5 Å². The predicted molar refractivity (Wildman–Crippen MR) is 164 cm³/mol. The Hall–Kier alpha value is -1.97. The van der Waals surface area contributed by atoms with Crippen LogP contribution in [-0.2, 0) is 28.6 Å². The Balaban J connectivity index is 1.86. The molecule has 4 aliphatic rings. The fourth-order valence-electron chi connectivity index (χ4n) is 10.5. The van der Waals surface area contributed by atoms with Gasteiger partial charge in [0.15, 0.2) is 0 Å². The summed E-state index contributed by atoms with van der Waals surface area (Å²) in [6.45, 7) is 14.2. The molecule has 250 valence electrons. The van der Waals surface area contributed by atoms with Crippen molar-refractivity contribution in [3.05, 3.63) is 11.1 Å². The molecule has 11 atom stereocenters. The highest BCUT2D eigenvalue weighted by Crippen LogP contribution is 2.74. The van der Waals surface area contributed by atoms with Crippen LogP contribution in [0.15, 0.2) is 11.1 Å². The summed E-state index contributed by atoms with van der Waals surface area (Å²) < 4.78 is 17.2. The molecular weight excluding hydrogens is 564 g/mol. The number of aliphatic hydroxyl groups excluding tert-OH is 2. The molecule has 0 saturated heterocycles. The standard InChI is InChI=1S/C35H56O9/c1-19(2)10-9-11-22(32(40)41)28-23-12-13-26-33(5)16-14-24(37)20(3)29(33)30(44-27(38)15-17-42-8)31(39)35(26,7)34(23,6)18-25(28)43-21(4)36/h19-20,23-26,29-31,37,39H,9-18H2,1-8H3,(H,40,41)/b28-22-. The zero-order valence-corrected chi connectivity index (χ0v) is 28.1. The van der Waals surface area contributed by atoms with E-state index in [1.807, 2.05) is 6.92 Å². The van der Waals surface area contributed by atoms with E-state index in [9.17, 15) is 29.7 Å². The molecule has 4 fully saturated rings. The van der Waals surface area contributed by atoms with Gasteiger partial charge in [-0.3, -0.25) is 9.59 Å². The molecule has 0 heterocycles. The topological polar surface area (TPSA) is 140 Å². The van der Waals surface area contributed by atoms with Crippen LogP contribution in [0.3, 0.4) is 0 Å². The van der Waals surface area contributed by atoms with Gasteiger partial charge in [-0.05, 0) is 85.0 Å². The van der Waals surface area contributed by atoms with E-state index in [0.717, 1.165) is 32.1 Å². The third kappa shape index (κ3) is 5.74. The molecule has 4 saturated carbocycles. The number of carbonyl (C=O) groups excluding carboxylic acids is 2. The van der Waals surface area contributed by atoms with Crippen molar-refractivity contribution < 1.29 is 43.9 Å². The number of ether oxygens (including phenoxy) is 3. The summed E-state index contributed by atoms with van der Waals surface area (Å²) in [4.78, 5) is 38.3. The van der Waals surface area contributed by atoms with Crippen molar-refractivity contribution in [3.8, 4) is 0 Å². The maximum Gasteiger partial charge on any atom is 0.331 e. The summed E-state index contributed by atoms with van der Waals surface area (Å²) in [7, 11) is 1.52. The number of fused-ring (bicyclic) bond motifs is 5. The average Bonchev–Trinajstić information content (AvgIpc) is 3.22. The number of aliphatic hydroxyl groups is 2. The van der Waals surface area contributed by atoms with Crippen molar-refractivity contribution in [3.63, 3.8) is 0 Å². The van der Waals surface area contributed by atoms with Gasteiger partial charge in [0, 0.05) is 30.9 Å². The van der Waals surface area contributed by atoms with Gasteiger partial charge in [-0.1, -0.05) is 48.0 Å². The SMILES string of the molecule is COCCC(=O)OC1C2C(C)C(O)CCC2(C)C2CCC3/C(=C(\CCCC(C)C)C(=O)O)C(OC(C)=O)CC3(C)C2(C)C1O. The van der Waals surface area contributed by atoms with E-state index in [0.29, 0.717) is 36.3 Å². The Morgan fingerprint density at radius 1 is 1.02 bits per heavy atom. The van der Waals surface area contributed by atoms with Gasteiger partial charge in [0.1, 0.15) is 12.2 Å². The summed E-state index contributed by atoms with van der Waals surface area (Å²) in [5.41, 5.74) is -0.757. The Morgan fingerprint density at radius 3 is 2.30 bits per heavy atom. The number of hydrogen-bond donors (Lipinski definition) is 3. The summed E-state index contributed by atoms with van der Waals surface area (Å²) >= 11 is 0. The van der Waals surface area contributed by atoms with E-state index >= 15 is 0 Å². The molecule has 3 N–H and O–H groups in total. The number of carboxylic acid groups (broad SMARTS) is 1. The Bertz CT molecular complexity index is 1130. The van der Waals surface area contributed by atoms with E-state index in [2.05, 4.69) is 34.6 Å². The second-order valence-corrected chi connectivity index (χ2v) is 15.3. The third-order valence-electron chi connectivity index (χ3n) is 12.7. The molecule has 44 heavy (non-hydrogen) atoms. The molecule has 0 spiro atoms. The summed E-state index contributed by atoms with van der Waals surface area (Å²) in [6.07, 6.45) is 2.11. The van der Waals surface area contributed by atoms with Crippen molar-refractivity contribution in [2.24, 2.45) is 45.8 Å². The quantitative estimate of drug-likeness (QED) is 0.219. The fourth-order valence-corrected chi connectivity index (χ4v) is 10.5. The van der Waals surface area contributed by atoms with E-state index in [-0.39, 0.29) is 42.1 Å².